The molecule has 134 valence electrons. The molecule has 26 heavy (non-hydrogen) atoms. The van der Waals surface area contributed by atoms with Crippen molar-refractivity contribution in [2.45, 2.75) is 6.92 Å². The lowest BCUT2D eigenvalue weighted by molar-refractivity contribution is 0.0473. The molecule has 0 fully saturated rings. The average Bonchev–Trinajstić information content (AvgIpc) is 2.72. The van der Waals surface area contributed by atoms with Gasteiger partial charge in [0.25, 0.3) is 0 Å². The van der Waals surface area contributed by atoms with E-state index in [2.05, 4.69) is 6.92 Å². The highest BCUT2D eigenvalue weighted by Gasteiger charge is 2.28. The molecule has 3 heteroatoms. The predicted molar refractivity (Wildman–Crippen MR) is 104 cm³/mol. The van der Waals surface area contributed by atoms with Crippen LogP contribution in [0.25, 0.3) is 0 Å². The maximum atomic E-state index is 5.99. The van der Waals surface area contributed by atoms with Gasteiger partial charge < -0.3 is 14.2 Å². The highest BCUT2D eigenvalue weighted by molar-refractivity contribution is 5.23. The second kappa shape index (κ2) is 8.95. The smallest absolute Gasteiger partial charge is 0.119 e. The van der Waals surface area contributed by atoms with E-state index in [1.165, 1.54) is 0 Å². The number of benzene rings is 3. The van der Waals surface area contributed by atoms with Gasteiger partial charge in [-0.05, 0) is 43.3 Å². The minimum Gasteiger partial charge on any atom is -0.493 e. The molecule has 3 aromatic rings. The molecular formula is C23H24O3. The molecule has 0 aliphatic heterocycles. The zero-order valence-corrected chi connectivity index (χ0v) is 15.0. The first kappa shape index (κ1) is 17.9. The summed E-state index contributed by atoms with van der Waals surface area (Å²) >= 11 is 0. The molecule has 0 saturated heterocycles. The van der Waals surface area contributed by atoms with Gasteiger partial charge in [0.1, 0.15) is 37.1 Å². The number of rotatable bonds is 9. The first-order chi connectivity index (χ1) is 12.7. The van der Waals surface area contributed by atoms with Crippen LogP contribution in [0.5, 0.6) is 17.2 Å². The van der Waals surface area contributed by atoms with E-state index < -0.39 is 0 Å². The Labute approximate surface area is 155 Å². The van der Waals surface area contributed by atoms with Crippen molar-refractivity contribution < 1.29 is 14.2 Å². The van der Waals surface area contributed by atoms with Crippen LogP contribution < -0.4 is 14.2 Å². The van der Waals surface area contributed by atoms with Crippen molar-refractivity contribution >= 4 is 0 Å². The first-order valence-electron chi connectivity index (χ1n) is 8.77. The van der Waals surface area contributed by atoms with Crippen molar-refractivity contribution in [1.29, 1.82) is 0 Å². The van der Waals surface area contributed by atoms with Gasteiger partial charge in [-0.15, -0.1) is 0 Å². The van der Waals surface area contributed by atoms with Crippen LogP contribution in [0.1, 0.15) is 6.92 Å². The van der Waals surface area contributed by atoms with Gasteiger partial charge in [-0.25, -0.2) is 0 Å². The highest BCUT2D eigenvalue weighted by Crippen LogP contribution is 2.23. The average molecular weight is 348 g/mol. The zero-order valence-electron chi connectivity index (χ0n) is 15.0. The lowest BCUT2D eigenvalue weighted by Gasteiger charge is -2.29. The topological polar surface area (TPSA) is 27.7 Å². The molecule has 0 heterocycles. The summed E-state index contributed by atoms with van der Waals surface area (Å²) < 4.78 is 18.0. The largest absolute Gasteiger partial charge is 0.493 e. The minimum atomic E-state index is -0.304. The quantitative estimate of drug-likeness (QED) is 0.530. The SMILES string of the molecule is CC(COc1ccccc1)(COc1ccccc1)COc1ccccc1. The van der Waals surface area contributed by atoms with Crippen LogP contribution in [0, 0.1) is 5.41 Å². The fraction of sp³-hybridized carbons (Fsp3) is 0.217. The van der Waals surface area contributed by atoms with Gasteiger partial charge in [0.05, 0.1) is 5.41 Å². The normalized spacial score (nSPS) is 11.0. The van der Waals surface area contributed by atoms with Crippen molar-refractivity contribution in [1.82, 2.24) is 0 Å². The molecular weight excluding hydrogens is 324 g/mol. The van der Waals surface area contributed by atoms with E-state index in [0.29, 0.717) is 19.8 Å². The summed E-state index contributed by atoms with van der Waals surface area (Å²) in [6.45, 7) is 3.60. The summed E-state index contributed by atoms with van der Waals surface area (Å²) in [5.41, 5.74) is -0.304. The zero-order chi connectivity index (χ0) is 18.1. The van der Waals surface area contributed by atoms with Crippen LogP contribution in [-0.4, -0.2) is 19.8 Å². The summed E-state index contributed by atoms with van der Waals surface area (Å²) in [6.07, 6.45) is 0. The van der Waals surface area contributed by atoms with E-state index in [1.807, 2.05) is 91.0 Å². The Morgan fingerprint density at radius 2 is 0.769 bits per heavy atom. The van der Waals surface area contributed by atoms with Crippen molar-refractivity contribution in [2.24, 2.45) is 5.41 Å². The van der Waals surface area contributed by atoms with Crippen molar-refractivity contribution in [3.63, 3.8) is 0 Å². The molecule has 3 nitrogen and oxygen atoms in total. The summed E-state index contributed by atoms with van der Waals surface area (Å²) in [5.74, 6) is 2.54. The third-order valence-electron chi connectivity index (χ3n) is 3.99. The summed E-state index contributed by atoms with van der Waals surface area (Å²) in [4.78, 5) is 0. The number of hydrogen-bond donors (Lipinski definition) is 0. The molecule has 0 bridgehead atoms. The number of hydrogen-bond acceptors (Lipinski definition) is 3. The highest BCUT2D eigenvalue weighted by atomic mass is 16.5. The van der Waals surface area contributed by atoms with Crippen LogP contribution in [0.3, 0.4) is 0 Å². The van der Waals surface area contributed by atoms with Gasteiger partial charge in [-0.2, -0.15) is 0 Å². The molecule has 0 amide bonds. The number of para-hydroxylation sites is 3. The molecule has 3 aromatic carbocycles. The van der Waals surface area contributed by atoms with Gasteiger partial charge in [-0.1, -0.05) is 54.6 Å². The first-order valence-corrected chi connectivity index (χ1v) is 8.77. The molecule has 0 aromatic heterocycles. The molecule has 0 atom stereocenters. The van der Waals surface area contributed by atoms with Crippen LogP contribution >= 0.6 is 0 Å². The molecule has 3 rings (SSSR count). The van der Waals surface area contributed by atoms with E-state index >= 15 is 0 Å². The van der Waals surface area contributed by atoms with E-state index in [9.17, 15) is 0 Å². The minimum absolute atomic E-state index is 0.304. The second-order valence-electron chi connectivity index (χ2n) is 6.62. The van der Waals surface area contributed by atoms with E-state index in [0.717, 1.165) is 17.2 Å². The molecule has 0 aliphatic carbocycles. The number of ether oxygens (including phenoxy) is 3. The molecule has 0 aliphatic rings. The fourth-order valence-corrected chi connectivity index (χ4v) is 2.45. The molecule has 0 spiro atoms. The van der Waals surface area contributed by atoms with Crippen LogP contribution in [-0.2, 0) is 0 Å². The lowest BCUT2D eigenvalue weighted by Crippen LogP contribution is -2.37. The summed E-state index contributed by atoms with van der Waals surface area (Å²) in [6, 6.07) is 29.5. The Morgan fingerprint density at radius 3 is 1.04 bits per heavy atom. The van der Waals surface area contributed by atoms with E-state index in [1.54, 1.807) is 0 Å². The van der Waals surface area contributed by atoms with Gasteiger partial charge in [0.15, 0.2) is 0 Å². The van der Waals surface area contributed by atoms with Crippen molar-refractivity contribution in [2.75, 3.05) is 19.8 Å². The third-order valence-corrected chi connectivity index (χ3v) is 3.99. The van der Waals surface area contributed by atoms with Crippen LogP contribution in [0.2, 0.25) is 0 Å². The molecule has 0 unspecified atom stereocenters. The van der Waals surface area contributed by atoms with Crippen molar-refractivity contribution in [3.05, 3.63) is 91.0 Å². The Balaban J connectivity index is 1.64. The van der Waals surface area contributed by atoms with Crippen LogP contribution in [0.4, 0.5) is 0 Å². The second-order valence-corrected chi connectivity index (χ2v) is 6.62. The molecule has 0 radical (unpaired) electrons. The summed E-state index contributed by atoms with van der Waals surface area (Å²) in [7, 11) is 0. The fourth-order valence-electron chi connectivity index (χ4n) is 2.45. The van der Waals surface area contributed by atoms with E-state index in [4.69, 9.17) is 14.2 Å². The Bertz CT molecular complexity index is 651. The third kappa shape index (κ3) is 5.55. The standard InChI is InChI=1S/C23H24O3/c1-23(17-24-20-11-5-2-6-12-20,18-25-21-13-7-3-8-14-21)19-26-22-15-9-4-10-16-22/h2-16H,17-19H2,1H3. The van der Waals surface area contributed by atoms with E-state index in [-0.39, 0.29) is 5.41 Å². The van der Waals surface area contributed by atoms with Gasteiger partial charge >= 0.3 is 0 Å². The Hall–Kier alpha value is -2.94. The van der Waals surface area contributed by atoms with Gasteiger partial charge in [0.2, 0.25) is 0 Å². The van der Waals surface area contributed by atoms with Gasteiger partial charge in [0, 0.05) is 0 Å². The monoisotopic (exact) mass is 348 g/mol. The van der Waals surface area contributed by atoms with Crippen LogP contribution in [0.15, 0.2) is 91.0 Å². The maximum Gasteiger partial charge on any atom is 0.119 e. The molecule has 0 N–H and O–H groups in total. The lowest BCUT2D eigenvalue weighted by atomic mass is 9.94. The Morgan fingerprint density at radius 1 is 0.500 bits per heavy atom. The van der Waals surface area contributed by atoms with Crippen molar-refractivity contribution in [3.8, 4) is 17.2 Å². The van der Waals surface area contributed by atoms with Gasteiger partial charge in [-0.3, -0.25) is 0 Å². The summed E-state index contributed by atoms with van der Waals surface area (Å²) in [5, 5.41) is 0. The Kier molecular flexibility index (Phi) is 6.15. The molecule has 0 saturated carbocycles. The predicted octanol–water partition coefficient (Wildman–Crippen LogP) is 5.23. The maximum absolute atomic E-state index is 5.99.